The number of hydrogen-bond acceptors (Lipinski definition) is 4. The number of aryl methyl sites for hydroxylation is 2. The number of fused-ring (bicyclic) bond motifs is 3. The van der Waals surface area contributed by atoms with E-state index in [2.05, 4.69) is 116 Å². The van der Waals surface area contributed by atoms with Crippen LogP contribution in [0.4, 0.5) is 0 Å². The molecule has 0 aliphatic heterocycles. The van der Waals surface area contributed by atoms with Crippen LogP contribution >= 0.6 is 0 Å². The molecule has 0 N–H and O–H groups in total. The molecule has 4 nitrogen and oxygen atoms in total. The normalized spacial score (nSPS) is 11.3. The van der Waals surface area contributed by atoms with E-state index < -0.39 is 0 Å². The lowest BCUT2D eigenvalue weighted by Gasteiger charge is -2.12. The Labute approximate surface area is 268 Å². The highest BCUT2D eigenvalue weighted by atomic mass is 14.9. The first-order valence-electron chi connectivity index (χ1n) is 15.5. The smallest absolute Gasteiger partial charge is 0.160 e. The summed E-state index contributed by atoms with van der Waals surface area (Å²) in [6.45, 7) is 4.08. The van der Waals surface area contributed by atoms with Crippen LogP contribution in [0.15, 0.2) is 146 Å². The Bertz CT molecular complexity index is 2310. The molecule has 0 spiro atoms. The minimum atomic E-state index is 0.715. The van der Waals surface area contributed by atoms with Crippen LogP contribution in [0.5, 0.6) is 0 Å². The predicted octanol–water partition coefficient (Wildman–Crippen LogP) is 10.5. The van der Waals surface area contributed by atoms with E-state index in [1.807, 2.05) is 43.3 Å². The SMILES string of the molecule is Cc1ccc2ccc3c(-c4cccc(-c5ccc(-c6cc(-c7ccccc7)nc(-c7ccccc7)n6)cc5)c4)cc(C)nc3c2n1. The summed E-state index contributed by atoms with van der Waals surface area (Å²) in [7, 11) is 0. The van der Waals surface area contributed by atoms with Crippen LogP contribution in [0.2, 0.25) is 0 Å². The van der Waals surface area contributed by atoms with E-state index in [1.54, 1.807) is 0 Å². The lowest BCUT2D eigenvalue weighted by Crippen LogP contribution is -1.95. The van der Waals surface area contributed by atoms with Crippen LogP contribution in [0.1, 0.15) is 11.4 Å². The summed E-state index contributed by atoms with van der Waals surface area (Å²) in [4.78, 5) is 19.7. The molecule has 0 saturated carbocycles. The van der Waals surface area contributed by atoms with E-state index in [9.17, 15) is 0 Å². The number of pyridine rings is 2. The van der Waals surface area contributed by atoms with Crippen molar-refractivity contribution in [1.29, 1.82) is 0 Å². The summed E-state index contributed by atoms with van der Waals surface area (Å²) < 4.78 is 0. The van der Waals surface area contributed by atoms with Crippen molar-refractivity contribution in [2.24, 2.45) is 0 Å². The second-order valence-corrected chi connectivity index (χ2v) is 11.6. The van der Waals surface area contributed by atoms with Gasteiger partial charge in [0.1, 0.15) is 0 Å². The Morgan fingerprint density at radius 3 is 1.70 bits per heavy atom. The minimum absolute atomic E-state index is 0.715. The monoisotopic (exact) mass is 590 g/mol. The molecule has 0 bridgehead atoms. The summed E-state index contributed by atoms with van der Waals surface area (Å²) in [5.74, 6) is 0.715. The zero-order valence-corrected chi connectivity index (χ0v) is 25.6. The maximum absolute atomic E-state index is 5.00. The molecular formula is C42H30N4. The standard InChI is InChI=1S/C42H30N4/c1-27-16-17-32-22-23-36-37(24-28(2)44-41(36)40(32)43-27)35-15-9-14-34(25-35)29-18-20-31(21-19-29)39-26-38(30-10-5-3-6-11-30)45-42(46-39)33-12-7-4-8-13-33/h3-26H,1-2H3. The largest absolute Gasteiger partial charge is 0.251 e. The van der Waals surface area contributed by atoms with Gasteiger partial charge in [0.05, 0.1) is 22.4 Å². The van der Waals surface area contributed by atoms with Crippen LogP contribution in [0, 0.1) is 13.8 Å². The van der Waals surface area contributed by atoms with Crippen molar-refractivity contribution in [3.8, 4) is 56.2 Å². The third kappa shape index (κ3) is 5.20. The molecule has 0 atom stereocenters. The number of nitrogens with zero attached hydrogens (tertiary/aromatic N) is 4. The molecule has 0 fully saturated rings. The van der Waals surface area contributed by atoms with Crippen LogP contribution in [-0.4, -0.2) is 19.9 Å². The van der Waals surface area contributed by atoms with E-state index in [0.717, 1.165) is 83.5 Å². The molecule has 218 valence electrons. The molecule has 0 aliphatic rings. The van der Waals surface area contributed by atoms with Gasteiger partial charge in [-0.3, -0.25) is 9.97 Å². The molecule has 0 aliphatic carbocycles. The van der Waals surface area contributed by atoms with Crippen molar-refractivity contribution in [3.05, 3.63) is 157 Å². The second-order valence-electron chi connectivity index (χ2n) is 11.6. The fourth-order valence-electron chi connectivity index (χ4n) is 6.10. The summed E-state index contributed by atoms with van der Waals surface area (Å²) in [5, 5.41) is 2.21. The van der Waals surface area contributed by atoms with Gasteiger partial charge in [-0.2, -0.15) is 0 Å². The third-order valence-corrected chi connectivity index (χ3v) is 8.42. The molecule has 8 aromatic rings. The molecule has 5 aromatic carbocycles. The van der Waals surface area contributed by atoms with Crippen molar-refractivity contribution in [2.75, 3.05) is 0 Å². The summed E-state index contributed by atoms with van der Waals surface area (Å²) in [6.07, 6.45) is 0. The van der Waals surface area contributed by atoms with Crippen molar-refractivity contribution >= 4 is 21.8 Å². The number of benzene rings is 5. The predicted molar refractivity (Wildman–Crippen MR) is 189 cm³/mol. The average molecular weight is 591 g/mol. The number of hydrogen-bond donors (Lipinski definition) is 0. The van der Waals surface area contributed by atoms with Crippen molar-refractivity contribution < 1.29 is 0 Å². The molecule has 4 heteroatoms. The Hall–Kier alpha value is -6.00. The van der Waals surface area contributed by atoms with E-state index in [1.165, 1.54) is 0 Å². The maximum Gasteiger partial charge on any atom is 0.160 e. The molecule has 8 rings (SSSR count). The van der Waals surface area contributed by atoms with Gasteiger partial charge < -0.3 is 0 Å². The van der Waals surface area contributed by atoms with Crippen molar-refractivity contribution in [2.45, 2.75) is 13.8 Å². The lowest BCUT2D eigenvalue weighted by atomic mass is 9.95. The van der Waals surface area contributed by atoms with E-state index in [4.69, 9.17) is 19.9 Å². The van der Waals surface area contributed by atoms with Gasteiger partial charge in [-0.15, -0.1) is 0 Å². The Morgan fingerprint density at radius 2 is 0.957 bits per heavy atom. The van der Waals surface area contributed by atoms with E-state index >= 15 is 0 Å². The molecule has 3 aromatic heterocycles. The van der Waals surface area contributed by atoms with Gasteiger partial charge in [0.25, 0.3) is 0 Å². The van der Waals surface area contributed by atoms with Crippen molar-refractivity contribution in [1.82, 2.24) is 19.9 Å². The van der Waals surface area contributed by atoms with Gasteiger partial charge in [-0.05, 0) is 60.4 Å². The summed E-state index contributed by atoms with van der Waals surface area (Å²) in [5.41, 5.74) is 13.4. The zero-order chi connectivity index (χ0) is 31.0. The molecule has 0 saturated heterocycles. The second kappa shape index (κ2) is 11.5. The summed E-state index contributed by atoms with van der Waals surface area (Å²) in [6, 6.07) is 50.6. The molecule has 46 heavy (non-hydrogen) atoms. The number of rotatable bonds is 5. The molecule has 0 amide bonds. The quantitative estimate of drug-likeness (QED) is 0.187. The highest BCUT2D eigenvalue weighted by molar-refractivity contribution is 6.08. The van der Waals surface area contributed by atoms with Crippen LogP contribution in [0.25, 0.3) is 78.0 Å². The van der Waals surface area contributed by atoms with E-state index in [0.29, 0.717) is 5.82 Å². The van der Waals surface area contributed by atoms with Gasteiger partial charge in [0, 0.05) is 38.9 Å². The Kier molecular flexibility index (Phi) is 6.88. The first kappa shape index (κ1) is 27.5. The first-order chi connectivity index (χ1) is 22.6. The average Bonchev–Trinajstić information content (AvgIpc) is 3.12. The molecule has 0 radical (unpaired) electrons. The van der Waals surface area contributed by atoms with Crippen LogP contribution in [-0.2, 0) is 0 Å². The van der Waals surface area contributed by atoms with Gasteiger partial charge in [0.15, 0.2) is 5.82 Å². The van der Waals surface area contributed by atoms with Gasteiger partial charge in [0.2, 0.25) is 0 Å². The fourth-order valence-corrected chi connectivity index (χ4v) is 6.10. The van der Waals surface area contributed by atoms with Crippen LogP contribution < -0.4 is 0 Å². The van der Waals surface area contributed by atoms with E-state index in [-0.39, 0.29) is 0 Å². The van der Waals surface area contributed by atoms with Gasteiger partial charge in [-0.25, -0.2) is 9.97 Å². The lowest BCUT2D eigenvalue weighted by molar-refractivity contribution is 1.18. The molecular weight excluding hydrogens is 560 g/mol. The highest BCUT2D eigenvalue weighted by Gasteiger charge is 2.13. The Balaban J connectivity index is 1.18. The zero-order valence-electron chi connectivity index (χ0n) is 25.6. The number of aromatic nitrogens is 4. The third-order valence-electron chi connectivity index (χ3n) is 8.42. The molecule has 0 unspecified atom stereocenters. The minimum Gasteiger partial charge on any atom is -0.251 e. The topological polar surface area (TPSA) is 51.6 Å². The van der Waals surface area contributed by atoms with Gasteiger partial charge >= 0.3 is 0 Å². The molecule has 3 heterocycles. The maximum atomic E-state index is 5.00. The Morgan fingerprint density at radius 1 is 0.370 bits per heavy atom. The van der Waals surface area contributed by atoms with Gasteiger partial charge in [-0.1, -0.05) is 121 Å². The van der Waals surface area contributed by atoms with Crippen LogP contribution in [0.3, 0.4) is 0 Å². The first-order valence-corrected chi connectivity index (χ1v) is 15.5. The van der Waals surface area contributed by atoms with Crippen molar-refractivity contribution in [3.63, 3.8) is 0 Å². The highest BCUT2D eigenvalue weighted by Crippen LogP contribution is 2.35. The fraction of sp³-hybridized carbons (Fsp3) is 0.0476. The summed E-state index contributed by atoms with van der Waals surface area (Å²) >= 11 is 0.